The number of carbonyl (C=O) groups is 3. The topological polar surface area (TPSA) is 144 Å². The van der Waals surface area contributed by atoms with Gasteiger partial charge < -0.3 is 26.4 Å². The molecule has 0 aliphatic heterocycles. The maximum absolute atomic E-state index is 14.2. The van der Waals surface area contributed by atoms with Crippen LogP contribution in [0.3, 0.4) is 0 Å². The second kappa shape index (κ2) is 12.4. The van der Waals surface area contributed by atoms with Crippen LogP contribution in [0.15, 0.2) is 48.5 Å². The lowest BCUT2D eigenvalue weighted by molar-refractivity contribution is -0.122. The Morgan fingerprint density at radius 1 is 1.08 bits per heavy atom. The Morgan fingerprint density at radius 3 is 2.29 bits per heavy atom. The summed E-state index contributed by atoms with van der Waals surface area (Å²) in [4.78, 5) is 43.1. The number of amides is 3. The summed E-state index contributed by atoms with van der Waals surface area (Å²) in [5, 5.41) is 2.98. The van der Waals surface area contributed by atoms with E-state index in [-0.39, 0.29) is 22.2 Å². The van der Waals surface area contributed by atoms with Crippen molar-refractivity contribution < 1.29 is 19.1 Å². The average Bonchev–Trinajstić information content (AvgIpc) is 3.28. The number of nitrogens with one attached hydrogen (secondary N) is 1. The van der Waals surface area contributed by atoms with Gasteiger partial charge >= 0.3 is 0 Å². The molecule has 1 heterocycles. The van der Waals surface area contributed by atoms with E-state index in [9.17, 15) is 14.4 Å². The van der Waals surface area contributed by atoms with Crippen LogP contribution < -0.4 is 31.3 Å². The number of benzene rings is 2. The zero-order valence-electron chi connectivity index (χ0n) is 22.2. The monoisotopic (exact) mass is 538 g/mol. The molecule has 11 heteroatoms. The molecule has 0 saturated carbocycles. The van der Waals surface area contributed by atoms with E-state index in [1.807, 2.05) is 43.3 Å². The number of para-hydroxylation sites is 2. The number of aromatic nitrogens is 1. The number of anilines is 3. The Balaban J connectivity index is 2.21. The first-order valence-corrected chi connectivity index (χ1v) is 12.9. The highest BCUT2D eigenvalue weighted by Crippen LogP contribution is 2.38. The third kappa shape index (κ3) is 6.23. The van der Waals surface area contributed by atoms with Crippen LogP contribution >= 0.6 is 11.5 Å². The van der Waals surface area contributed by atoms with Crippen LogP contribution in [0.2, 0.25) is 0 Å². The smallest absolute Gasteiger partial charge is 0.273 e. The van der Waals surface area contributed by atoms with E-state index in [4.69, 9.17) is 16.2 Å². The van der Waals surface area contributed by atoms with Gasteiger partial charge in [-0.2, -0.15) is 4.37 Å². The van der Waals surface area contributed by atoms with Gasteiger partial charge in [0.1, 0.15) is 16.7 Å². The van der Waals surface area contributed by atoms with Gasteiger partial charge in [0.2, 0.25) is 5.91 Å². The first kappa shape index (κ1) is 28.5. The summed E-state index contributed by atoms with van der Waals surface area (Å²) in [7, 11) is 5.31. The van der Waals surface area contributed by atoms with Gasteiger partial charge in [-0.05, 0) is 53.7 Å². The predicted octanol–water partition coefficient (Wildman–Crippen LogP) is 3.45. The van der Waals surface area contributed by atoms with E-state index < -0.39 is 17.9 Å². The lowest BCUT2D eigenvalue weighted by atomic mass is 10.0. The molecule has 0 bridgehead atoms. The minimum atomic E-state index is -1.08. The Morgan fingerprint density at radius 2 is 1.74 bits per heavy atom. The molecular formula is C27H34N6O4S. The summed E-state index contributed by atoms with van der Waals surface area (Å²) in [6.45, 7) is 4.57. The molecule has 38 heavy (non-hydrogen) atoms. The molecule has 0 aliphatic carbocycles. The third-order valence-corrected chi connectivity index (χ3v) is 6.82. The Hall–Kier alpha value is -4.12. The third-order valence-electron chi connectivity index (χ3n) is 5.97. The Kier molecular flexibility index (Phi) is 9.30. The van der Waals surface area contributed by atoms with Crippen LogP contribution in [0.4, 0.5) is 17.1 Å². The number of primary amides is 1. The maximum atomic E-state index is 14.2. The standard InChI is InChI=1S/C27H34N6O4S/c1-16(2)14-15-30-26(35)23(17-10-12-18(13-11-17)32(3)4)33(19-8-6-7-9-20(19)37-5)27(36)24-21(28)22(25(29)34)31-38-24/h6-13,16,23H,14-15,28H2,1-5H3,(H2,29,34)(H,30,35)/t23-/m0/s1. The van der Waals surface area contributed by atoms with E-state index >= 15 is 0 Å². The molecular weight excluding hydrogens is 504 g/mol. The van der Waals surface area contributed by atoms with E-state index in [0.29, 0.717) is 29.5 Å². The summed E-state index contributed by atoms with van der Waals surface area (Å²) < 4.78 is 9.55. The minimum Gasteiger partial charge on any atom is -0.495 e. The zero-order chi connectivity index (χ0) is 28.0. The van der Waals surface area contributed by atoms with Crippen LogP contribution in [0.1, 0.15) is 52.0 Å². The molecule has 3 rings (SSSR count). The van der Waals surface area contributed by atoms with Crippen molar-refractivity contribution in [1.29, 1.82) is 0 Å². The summed E-state index contributed by atoms with van der Waals surface area (Å²) in [6.07, 6.45) is 0.768. The number of hydrogen-bond donors (Lipinski definition) is 3. The number of rotatable bonds is 11. The van der Waals surface area contributed by atoms with Crippen molar-refractivity contribution in [2.45, 2.75) is 26.3 Å². The van der Waals surface area contributed by atoms with Crippen molar-refractivity contribution in [3.8, 4) is 5.75 Å². The molecule has 3 amide bonds. The zero-order valence-corrected chi connectivity index (χ0v) is 23.0. The van der Waals surface area contributed by atoms with Crippen molar-refractivity contribution in [3.63, 3.8) is 0 Å². The van der Waals surface area contributed by atoms with Crippen LogP contribution in [-0.2, 0) is 4.79 Å². The molecule has 0 spiro atoms. The van der Waals surface area contributed by atoms with Crippen molar-refractivity contribution in [2.75, 3.05) is 43.3 Å². The van der Waals surface area contributed by atoms with Crippen LogP contribution in [-0.4, -0.2) is 49.8 Å². The lowest BCUT2D eigenvalue weighted by Crippen LogP contribution is -2.44. The van der Waals surface area contributed by atoms with E-state index in [0.717, 1.165) is 23.6 Å². The van der Waals surface area contributed by atoms with Crippen LogP contribution in [0, 0.1) is 5.92 Å². The quantitative estimate of drug-likeness (QED) is 0.339. The normalized spacial score (nSPS) is 11.6. The number of hydrogen-bond acceptors (Lipinski definition) is 8. The second-order valence-electron chi connectivity index (χ2n) is 9.35. The largest absolute Gasteiger partial charge is 0.495 e. The van der Waals surface area contributed by atoms with E-state index in [1.54, 1.807) is 24.3 Å². The van der Waals surface area contributed by atoms with Gasteiger partial charge in [0, 0.05) is 26.3 Å². The van der Waals surface area contributed by atoms with Gasteiger partial charge in [0.15, 0.2) is 5.69 Å². The molecule has 3 aromatic rings. The van der Waals surface area contributed by atoms with Crippen LogP contribution in [0.5, 0.6) is 5.75 Å². The summed E-state index contributed by atoms with van der Waals surface area (Å²) in [5.41, 5.74) is 13.1. The second-order valence-corrected chi connectivity index (χ2v) is 10.1. The summed E-state index contributed by atoms with van der Waals surface area (Å²) in [6, 6.07) is 13.2. The van der Waals surface area contributed by atoms with Gasteiger partial charge in [-0.25, -0.2) is 0 Å². The van der Waals surface area contributed by atoms with Gasteiger partial charge in [0.25, 0.3) is 11.8 Å². The van der Waals surface area contributed by atoms with Crippen LogP contribution in [0.25, 0.3) is 0 Å². The fraction of sp³-hybridized carbons (Fsp3) is 0.333. The first-order chi connectivity index (χ1) is 18.1. The lowest BCUT2D eigenvalue weighted by Gasteiger charge is -2.32. The Bertz CT molecular complexity index is 1290. The molecule has 5 N–H and O–H groups in total. The number of ether oxygens (including phenoxy) is 1. The van der Waals surface area contributed by atoms with Crippen molar-refractivity contribution in [3.05, 3.63) is 64.7 Å². The molecule has 0 saturated heterocycles. The highest BCUT2D eigenvalue weighted by Gasteiger charge is 2.37. The molecule has 1 aromatic heterocycles. The van der Waals surface area contributed by atoms with E-state index in [2.05, 4.69) is 23.5 Å². The van der Waals surface area contributed by atoms with E-state index in [1.165, 1.54) is 12.0 Å². The highest BCUT2D eigenvalue weighted by atomic mass is 32.1. The van der Waals surface area contributed by atoms with Gasteiger partial charge in [-0.3, -0.25) is 19.3 Å². The fourth-order valence-corrected chi connectivity index (χ4v) is 4.63. The predicted molar refractivity (Wildman–Crippen MR) is 151 cm³/mol. The maximum Gasteiger partial charge on any atom is 0.273 e. The molecule has 10 nitrogen and oxygen atoms in total. The summed E-state index contributed by atoms with van der Waals surface area (Å²) >= 11 is 0.755. The summed E-state index contributed by atoms with van der Waals surface area (Å²) in [5.74, 6) is -1.07. The molecule has 0 aliphatic rings. The highest BCUT2D eigenvalue weighted by molar-refractivity contribution is 7.09. The minimum absolute atomic E-state index is 0.00500. The number of nitrogens with two attached hydrogens (primary N) is 2. The van der Waals surface area contributed by atoms with Crippen molar-refractivity contribution in [2.24, 2.45) is 11.7 Å². The average molecular weight is 539 g/mol. The van der Waals surface area contributed by atoms with Crippen molar-refractivity contribution in [1.82, 2.24) is 9.69 Å². The number of nitrogens with zero attached hydrogens (tertiary/aromatic N) is 3. The van der Waals surface area contributed by atoms with Crippen molar-refractivity contribution >= 4 is 46.3 Å². The molecule has 0 unspecified atom stereocenters. The van der Waals surface area contributed by atoms with Gasteiger partial charge in [-0.1, -0.05) is 38.1 Å². The number of nitrogen functional groups attached to an aromatic ring is 1. The SMILES string of the molecule is COc1ccccc1N(C(=O)c1snc(C(N)=O)c1N)[C@H](C(=O)NCCC(C)C)c1ccc(N(C)C)cc1. The molecule has 2 aromatic carbocycles. The molecule has 1 atom stereocenters. The molecule has 202 valence electrons. The molecule has 0 radical (unpaired) electrons. The number of methoxy groups -OCH3 is 1. The van der Waals surface area contributed by atoms with Gasteiger partial charge in [0.05, 0.1) is 18.5 Å². The Labute approximate surface area is 226 Å². The number of carbonyl (C=O) groups excluding carboxylic acids is 3. The molecule has 0 fully saturated rings. The first-order valence-electron chi connectivity index (χ1n) is 12.1. The van der Waals surface area contributed by atoms with Gasteiger partial charge in [-0.15, -0.1) is 0 Å². The fourth-order valence-electron chi connectivity index (χ4n) is 3.89.